The average Bonchev–Trinajstić information content (AvgIpc) is 3.82. The maximum absolute atomic E-state index is 11.7. The van der Waals surface area contributed by atoms with Crippen LogP contribution in [-0.4, -0.2) is 59.3 Å². The summed E-state index contributed by atoms with van der Waals surface area (Å²) in [5.74, 6) is 0.755. The van der Waals surface area contributed by atoms with Crippen LogP contribution >= 0.6 is 0 Å². The van der Waals surface area contributed by atoms with Crippen LogP contribution in [0.5, 0.6) is 0 Å². The second-order valence-corrected chi connectivity index (χ2v) is 10.6. The molecule has 2 aliphatic carbocycles. The molecule has 2 fully saturated rings. The normalized spacial score (nSPS) is 20.1. The number of pyridine rings is 2. The van der Waals surface area contributed by atoms with Crippen LogP contribution in [0.1, 0.15) is 70.7 Å². The fraction of sp³-hybridized carbons (Fsp3) is 0.517. The molecular formula is C29H37F3N4O7. The number of hydrogen-bond donors (Lipinski definition) is 2. The number of carbonyl (C=O) groups is 4. The molecule has 0 radical (unpaired) electrons. The van der Waals surface area contributed by atoms with Crippen molar-refractivity contribution >= 4 is 36.0 Å². The van der Waals surface area contributed by atoms with Crippen LogP contribution in [0.4, 0.5) is 29.6 Å². The second-order valence-electron chi connectivity index (χ2n) is 10.6. The summed E-state index contributed by atoms with van der Waals surface area (Å²) in [5, 5.41) is 2.60. The summed E-state index contributed by atoms with van der Waals surface area (Å²) >= 11 is 0. The molecule has 2 heterocycles. The van der Waals surface area contributed by atoms with Crippen molar-refractivity contribution in [2.24, 2.45) is 11.8 Å². The first-order chi connectivity index (χ1) is 20.1. The minimum absolute atomic E-state index is 0.0146. The number of aromatic nitrogens is 2. The maximum Gasteiger partial charge on any atom is 0.446 e. The number of aldehydes is 1. The number of nitrogen functional groups attached to an aromatic ring is 1. The molecule has 43 heavy (non-hydrogen) atoms. The van der Waals surface area contributed by atoms with Crippen molar-refractivity contribution in [2.45, 2.75) is 71.1 Å². The Bertz CT molecular complexity index is 1270. The molecular weight excluding hydrogens is 573 g/mol. The van der Waals surface area contributed by atoms with Gasteiger partial charge in [-0.25, -0.2) is 14.8 Å². The van der Waals surface area contributed by atoms with Crippen molar-refractivity contribution in [1.82, 2.24) is 9.97 Å². The number of amides is 1. The number of anilines is 2. The molecule has 4 atom stereocenters. The molecule has 14 heteroatoms. The van der Waals surface area contributed by atoms with Crippen molar-refractivity contribution in [1.29, 1.82) is 0 Å². The lowest BCUT2D eigenvalue weighted by Crippen LogP contribution is -2.27. The highest BCUT2D eigenvalue weighted by Crippen LogP contribution is 2.48. The third kappa shape index (κ3) is 12.7. The van der Waals surface area contributed by atoms with Gasteiger partial charge in [-0.2, -0.15) is 13.2 Å². The van der Waals surface area contributed by atoms with Crippen LogP contribution in [0.2, 0.25) is 0 Å². The van der Waals surface area contributed by atoms with Gasteiger partial charge in [0.25, 0.3) is 0 Å². The molecule has 0 saturated heterocycles. The molecule has 2 saturated carbocycles. The molecule has 2 aliphatic rings. The van der Waals surface area contributed by atoms with E-state index >= 15 is 0 Å². The quantitative estimate of drug-likeness (QED) is 0.243. The van der Waals surface area contributed by atoms with Gasteiger partial charge in [0.15, 0.2) is 0 Å². The van der Waals surface area contributed by atoms with E-state index < -0.39 is 24.2 Å². The standard InChI is InChI=1S/C16H22N2O4.C11H14N2O2.C2HF3O/c1-5-21-14(19)11-9-10(11)12-7-6-8-13(17-12)18-15(20)22-16(2,3)4;1-2-15-11(14)8-6-7(8)9-4-3-5-10(12)13-9;3-2(4,5)1-6/h6-8,10-11H,5,9H2,1-4H3,(H,17,18,20);3-5,7-8H,2,6H2,1H3,(H2,12,13);1H/t10-,11-;7-,8-;/m00./s1. The van der Waals surface area contributed by atoms with Crippen molar-refractivity contribution in [2.75, 3.05) is 24.3 Å². The van der Waals surface area contributed by atoms with E-state index in [0.717, 1.165) is 24.2 Å². The van der Waals surface area contributed by atoms with Crippen LogP contribution < -0.4 is 11.1 Å². The van der Waals surface area contributed by atoms with Gasteiger partial charge < -0.3 is 19.9 Å². The third-order valence-electron chi connectivity index (χ3n) is 5.84. The van der Waals surface area contributed by atoms with Crippen molar-refractivity contribution in [3.8, 4) is 0 Å². The van der Waals surface area contributed by atoms with E-state index in [1.165, 1.54) is 0 Å². The van der Waals surface area contributed by atoms with Gasteiger partial charge in [0, 0.05) is 23.2 Å². The molecule has 1 amide bonds. The van der Waals surface area contributed by atoms with Gasteiger partial charge in [-0.05, 0) is 71.7 Å². The molecule has 2 aromatic heterocycles. The van der Waals surface area contributed by atoms with Gasteiger partial charge >= 0.3 is 24.2 Å². The van der Waals surface area contributed by atoms with Gasteiger partial charge in [-0.1, -0.05) is 12.1 Å². The molecule has 4 rings (SSSR count). The first-order valence-electron chi connectivity index (χ1n) is 13.6. The summed E-state index contributed by atoms with van der Waals surface area (Å²) in [6.45, 7) is 9.81. The highest BCUT2D eigenvalue weighted by molar-refractivity contribution is 5.83. The SMILES string of the molecule is CCOC(=O)[C@H]1C[C@@H]1c1cccc(N)n1.CCOC(=O)[C@H]1C[C@@H]1c1cccc(NC(=O)OC(C)(C)C)n1.O=CC(F)(F)F. The minimum Gasteiger partial charge on any atom is -0.466 e. The van der Waals surface area contributed by atoms with E-state index in [9.17, 15) is 27.6 Å². The van der Waals surface area contributed by atoms with Crippen molar-refractivity contribution in [3.63, 3.8) is 0 Å². The van der Waals surface area contributed by atoms with Crippen molar-refractivity contribution in [3.05, 3.63) is 47.8 Å². The van der Waals surface area contributed by atoms with Gasteiger partial charge in [-0.3, -0.25) is 19.7 Å². The topological polar surface area (TPSA) is 160 Å². The number of ether oxygens (including phenoxy) is 3. The van der Waals surface area contributed by atoms with Gasteiger partial charge in [0.05, 0.1) is 25.0 Å². The molecule has 11 nitrogen and oxygen atoms in total. The summed E-state index contributed by atoms with van der Waals surface area (Å²) in [6.07, 6.45) is -4.68. The highest BCUT2D eigenvalue weighted by Gasteiger charge is 2.47. The van der Waals surface area contributed by atoms with Crippen LogP contribution in [0, 0.1) is 11.8 Å². The third-order valence-corrected chi connectivity index (χ3v) is 5.84. The van der Waals surface area contributed by atoms with Crippen molar-refractivity contribution < 1.29 is 46.6 Å². The monoisotopic (exact) mass is 610 g/mol. The van der Waals surface area contributed by atoms with Gasteiger partial charge in [0.2, 0.25) is 6.29 Å². The number of halogens is 3. The Kier molecular flexibility index (Phi) is 12.4. The lowest BCUT2D eigenvalue weighted by Gasteiger charge is -2.19. The van der Waals surface area contributed by atoms with Crippen LogP contribution in [-0.2, 0) is 28.6 Å². The molecule has 2 aromatic rings. The van der Waals surface area contributed by atoms with E-state index in [2.05, 4.69) is 15.3 Å². The Hall–Kier alpha value is -4.23. The summed E-state index contributed by atoms with van der Waals surface area (Å²) in [7, 11) is 0. The highest BCUT2D eigenvalue weighted by atomic mass is 19.4. The van der Waals surface area contributed by atoms with E-state index in [1.807, 2.05) is 25.1 Å². The fourth-order valence-corrected chi connectivity index (χ4v) is 3.87. The zero-order valence-electron chi connectivity index (χ0n) is 24.6. The maximum atomic E-state index is 11.7. The number of carbonyl (C=O) groups excluding carboxylic acids is 4. The Morgan fingerprint density at radius 3 is 1.79 bits per heavy atom. The average molecular weight is 611 g/mol. The minimum atomic E-state index is -4.64. The molecule has 0 spiro atoms. The molecule has 0 bridgehead atoms. The largest absolute Gasteiger partial charge is 0.466 e. The first kappa shape index (κ1) is 35.0. The zero-order chi connectivity index (χ0) is 32.4. The van der Waals surface area contributed by atoms with E-state index in [0.29, 0.717) is 24.8 Å². The number of nitrogens with zero attached hydrogens (tertiary/aromatic N) is 2. The number of rotatable bonds is 7. The van der Waals surface area contributed by atoms with E-state index in [4.69, 9.17) is 24.7 Å². The zero-order valence-corrected chi connectivity index (χ0v) is 24.6. The summed E-state index contributed by atoms with van der Waals surface area (Å²) in [4.78, 5) is 52.1. The Morgan fingerprint density at radius 2 is 1.37 bits per heavy atom. The van der Waals surface area contributed by atoms with Crippen LogP contribution in [0.25, 0.3) is 0 Å². The summed E-state index contributed by atoms with van der Waals surface area (Å²) in [5.41, 5.74) is 6.70. The molecule has 0 aliphatic heterocycles. The van der Waals surface area contributed by atoms with Crippen LogP contribution in [0.15, 0.2) is 36.4 Å². The lowest BCUT2D eigenvalue weighted by molar-refractivity contribution is -0.156. The molecule has 0 unspecified atom stereocenters. The number of esters is 2. The molecule has 3 N–H and O–H groups in total. The number of nitrogens with two attached hydrogens (primary N) is 1. The summed E-state index contributed by atoms with van der Waals surface area (Å²) < 4.78 is 46.4. The lowest BCUT2D eigenvalue weighted by atomic mass is 10.2. The summed E-state index contributed by atoms with van der Waals surface area (Å²) in [6, 6.07) is 10.8. The van der Waals surface area contributed by atoms with Crippen LogP contribution in [0.3, 0.4) is 0 Å². The second kappa shape index (κ2) is 15.3. The predicted molar refractivity (Wildman–Crippen MR) is 150 cm³/mol. The Balaban J connectivity index is 0.000000264. The smallest absolute Gasteiger partial charge is 0.446 e. The van der Waals surface area contributed by atoms with Gasteiger partial charge in [0.1, 0.15) is 17.2 Å². The Labute approximate surface area is 247 Å². The molecule has 0 aromatic carbocycles. The fourth-order valence-electron chi connectivity index (χ4n) is 3.87. The molecule has 236 valence electrons. The predicted octanol–water partition coefficient (Wildman–Crippen LogP) is 5.17. The number of alkyl halides is 3. The number of hydrogen-bond acceptors (Lipinski definition) is 10. The Morgan fingerprint density at radius 1 is 0.907 bits per heavy atom. The van der Waals surface area contributed by atoms with E-state index in [-0.39, 0.29) is 35.6 Å². The first-order valence-corrected chi connectivity index (χ1v) is 13.6. The van der Waals surface area contributed by atoms with Gasteiger partial charge in [-0.15, -0.1) is 0 Å². The number of nitrogens with one attached hydrogen (secondary N) is 1. The van der Waals surface area contributed by atoms with E-state index in [1.54, 1.807) is 45.9 Å².